The molecule has 0 aromatic heterocycles. The Morgan fingerprint density at radius 3 is 2.27 bits per heavy atom. The zero-order valence-corrected chi connectivity index (χ0v) is 21.2. The molecule has 0 aliphatic carbocycles. The number of unbranched alkanes of at least 4 members (excludes halogenated alkanes) is 2. The highest BCUT2D eigenvalue weighted by molar-refractivity contribution is 9.09. The Kier molecular flexibility index (Phi) is 11.2. The average Bonchev–Trinajstić information content (AvgIpc) is 2.77. The van der Waals surface area contributed by atoms with Gasteiger partial charge in [0.05, 0.1) is 6.61 Å². The van der Waals surface area contributed by atoms with E-state index in [1.54, 1.807) is 20.8 Å². The number of amides is 1. The Morgan fingerprint density at radius 1 is 0.939 bits per heavy atom. The molecule has 0 spiro atoms. The number of carbonyl (C=O) groups excluding carboxylic acids is 2. The molecular weight excluding hydrogens is 486 g/mol. The minimum Gasteiger partial charge on any atom is -0.494 e. The molecule has 6 nitrogen and oxygen atoms in total. The predicted octanol–water partition coefficient (Wildman–Crippen LogP) is 5.81. The third kappa shape index (κ3) is 11.2. The second-order valence-electron chi connectivity index (χ2n) is 8.74. The van der Waals surface area contributed by atoms with Crippen LogP contribution in [0.3, 0.4) is 0 Å². The number of nitrogens with one attached hydrogen (secondary N) is 1. The van der Waals surface area contributed by atoms with Crippen LogP contribution in [0.15, 0.2) is 54.6 Å². The zero-order valence-electron chi connectivity index (χ0n) is 19.6. The summed E-state index contributed by atoms with van der Waals surface area (Å²) in [4.78, 5) is 25.1. The van der Waals surface area contributed by atoms with Gasteiger partial charge in [0.15, 0.2) is 0 Å². The maximum atomic E-state index is 12.8. The number of halogens is 1. The Balaban J connectivity index is 1.98. The molecule has 0 saturated carbocycles. The van der Waals surface area contributed by atoms with Gasteiger partial charge in [0.1, 0.15) is 24.0 Å². The Morgan fingerprint density at radius 2 is 1.64 bits per heavy atom. The summed E-state index contributed by atoms with van der Waals surface area (Å²) in [5.41, 5.74) is 1.08. The number of hydrogen-bond acceptors (Lipinski definition) is 5. The Bertz CT molecular complexity index is 849. The van der Waals surface area contributed by atoms with E-state index in [0.29, 0.717) is 6.61 Å². The van der Waals surface area contributed by atoms with Crippen molar-refractivity contribution in [1.29, 1.82) is 0 Å². The molecule has 0 aliphatic rings. The predicted molar refractivity (Wildman–Crippen MR) is 133 cm³/mol. The molecule has 180 valence electrons. The van der Waals surface area contributed by atoms with Crippen molar-refractivity contribution in [3.63, 3.8) is 0 Å². The molecular formula is C26H34BrNO5. The smallest absolute Gasteiger partial charge is 0.408 e. The zero-order chi connectivity index (χ0) is 24.1. The molecule has 0 unspecified atom stereocenters. The molecule has 2 rings (SSSR count). The lowest BCUT2D eigenvalue weighted by molar-refractivity contribution is -0.147. The lowest BCUT2D eigenvalue weighted by atomic mass is 10.1. The van der Waals surface area contributed by atoms with Crippen LogP contribution in [0.5, 0.6) is 5.75 Å². The Hall–Kier alpha value is -2.54. The van der Waals surface area contributed by atoms with Crippen LogP contribution in [0.2, 0.25) is 0 Å². The van der Waals surface area contributed by atoms with Gasteiger partial charge in [-0.15, -0.1) is 0 Å². The van der Waals surface area contributed by atoms with Gasteiger partial charge in [0.2, 0.25) is 0 Å². The third-order valence-electron chi connectivity index (χ3n) is 4.61. The molecule has 33 heavy (non-hydrogen) atoms. The summed E-state index contributed by atoms with van der Waals surface area (Å²) in [5.74, 6) is 0.262. The lowest BCUT2D eigenvalue weighted by Gasteiger charge is -2.23. The number of benzene rings is 2. The van der Waals surface area contributed by atoms with Crippen molar-refractivity contribution >= 4 is 28.0 Å². The van der Waals surface area contributed by atoms with Crippen LogP contribution in [0.1, 0.15) is 51.2 Å². The number of carbonyl (C=O) groups is 2. The van der Waals surface area contributed by atoms with E-state index in [0.717, 1.165) is 41.5 Å². The van der Waals surface area contributed by atoms with Crippen molar-refractivity contribution in [3.05, 3.63) is 65.7 Å². The molecule has 0 radical (unpaired) electrons. The van der Waals surface area contributed by atoms with Gasteiger partial charge in [-0.05, 0) is 63.3 Å². The van der Waals surface area contributed by atoms with E-state index in [-0.39, 0.29) is 13.0 Å². The molecule has 0 bridgehead atoms. The maximum absolute atomic E-state index is 12.8. The minimum atomic E-state index is -0.875. The summed E-state index contributed by atoms with van der Waals surface area (Å²) in [6.45, 7) is 6.12. The van der Waals surface area contributed by atoms with E-state index < -0.39 is 23.7 Å². The highest BCUT2D eigenvalue weighted by Gasteiger charge is 2.26. The lowest BCUT2D eigenvalue weighted by Crippen LogP contribution is -2.45. The van der Waals surface area contributed by atoms with Crippen LogP contribution in [-0.4, -0.2) is 35.6 Å². The standard InChI is InChI=1S/C26H34BrNO5/c1-26(2,3)33-25(30)28-23(24(29)32-19-21-10-6-4-7-11-21)18-20-12-14-22(15-13-20)31-17-9-5-8-16-27/h4,6-7,10-15,23H,5,8-9,16-19H2,1-3H3,(H,28,30)/t23-/m0/s1. The molecule has 1 atom stereocenters. The molecule has 1 N–H and O–H groups in total. The third-order valence-corrected chi connectivity index (χ3v) is 5.17. The van der Waals surface area contributed by atoms with Gasteiger partial charge in [-0.25, -0.2) is 9.59 Å². The highest BCUT2D eigenvalue weighted by Crippen LogP contribution is 2.16. The fraction of sp³-hybridized carbons (Fsp3) is 0.462. The van der Waals surface area contributed by atoms with Gasteiger partial charge >= 0.3 is 12.1 Å². The molecule has 2 aromatic carbocycles. The van der Waals surface area contributed by atoms with Gasteiger partial charge in [-0.1, -0.05) is 58.4 Å². The van der Waals surface area contributed by atoms with Crippen LogP contribution in [-0.2, 0) is 27.3 Å². The summed E-state index contributed by atoms with van der Waals surface area (Å²) in [6, 6.07) is 16.1. The van der Waals surface area contributed by atoms with E-state index >= 15 is 0 Å². The van der Waals surface area contributed by atoms with Crippen molar-refractivity contribution in [2.45, 2.75) is 64.7 Å². The van der Waals surface area contributed by atoms with Gasteiger partial charge in [0.25, 0.3) is 0 Å². The second-order valence-corrected chi connectivity index (χ2v) is 9.53. The summed E-state index contributed by atoms with van der Waals surface area (Å²) < 4.78 is 16.6. The van der Waals surface area contributed by atoms with Gasteiger partial charge < -0.3 is 19.5 Å². The first-order valence-corrected chi connectivity index (χ1v) is 12.4. The number of hydrogen-bond donors (Lipinski definition) is 1. The van der Waals surface area contributed by atoms with E-state index in [1.807, 2.05) is 54.6 Å². The quantitative estimate of drug-likeness (QED) is 0.217. The van der Waals surface area contributed by atoms with Crippen LogP contribution >= 0.6 is 15.9 Å². The first kappa shape index (κ1) is 26.7. The normalized spacial score (nSPS) is 12.0. The van der Waals surface area contributed by atoms with Crippen LogP contribution in [0, 0.1) is 0 Å². The van der Waals surface area contributed by atoms with Gasteiger partial charge in [-0.3, -0.25) is 0 Å². The fourth-order valence-electron chi connectivity index (χ4n) is 2.99. The summed E-state index contributed by atoms with van der Waals surface area (Å²) in [6.07, 6.45) is 2.87. The maximum Gasteiger partial charge on any atom is 0.408 e. The summed E-state index contributed by atoms with van der Waals surface area (Å²) in [7, 11) is 0. The Labute approximate surface area is 205 Å². The van der Waals surface area contributed by atoms with Crippen LogP contribution in [0.4, 0.5) is 4.79 Å². The van der Waals surface area contributed by atoms with E-state index in [2.05, 4.69) is 21.2 Å². The van der Waals surface area contributed by atoms with Gasteiger partial charge in [-0.2, -0.15) is 0 Å². The van der Waals surface area contributed by atoms with Crippen molar-refractivity contribution in [3.8, 4) is 5.75 Å². The number of ether oxygens (including phenoxy) is 3. The first-order chi connectivity index (χ1) is 15.8. The average molecular weight is 520 g/mol. The van der Waals surface area contributed by atoms with Crippen molar-refractivity contribution in [2.24, 2.45) is 0 Å². The highest BCUT2D eigenvalue weighted by atomic mass is 79.9. The van der Waals surface area contributed by atoms with E-state index in [4.69, 9.17) is 14.2 Å². The van der Waals surface area contributed by atoms with Crippen molar-refractivity contribution in [1.82, 2.24) is 5.32 Å². The molecule has 0 saturated heterocycles. The number of esters is 1. The van der Waals surface area contributed by atoms with Crippen molar-refractivity contribution < 1.29 is 23.8 Å². The monoisotopic (exact) mass is 519 g/mol. The minimum absolute atomic E-state index is 0.133. The molecule has 0 aliphatic heterocycles. The molecule has 0 fully saturated rings. The summed E-state index contributed by atoms with van der Waals surface area (Å²) >= 11 is 3.43. The molecule has 0 heterocycles. The van der Waals surface area contributed by atoms with Crippen molar-refractivity contribution in [2.75, 3.05) is 11.9 Å². The largest absolute Gasteiger partial charge is 0.494 e. The van der Waals surface area contributed by atoms with Crippen LogP contribution in [0.25, 0.3) is 0 Å². The van der Waals surface area contributed by atoms with Gasteiger partial charge in [0, 0.05) is 11.8 Å². The topological polar surface area (TPSA) is 73.9 Å². The fourth-order valence-corrected chi connectivity index (χ4v) is 3.39. The first-order valence-electron chi connectivity index (χ1n) is 11.2. The van der Waals surface area contributed by atoms with E-state index in [9.17, 15) is 9.59 Å². The number of alkyl carbamates (subject to hydrolysis) is 1. The number of alkyl halides is 1. The SMILES string of the molecule is CC(C)(C)OC(=O)N[C@@H](Cc1ccc(OCCCCCBr)cc1)C(=O)OCc1ccccc1. The van der Waals surface area contributed by atoms with E-state index in [1.165, 1.54) is 0 Å². The number of rotatable bonds is 12. The van der Waals surface area contributed by atoms with Crippen LogP contribution < -0.4 is 10.1 Å². The summed E-state index contributed by atoms with van der Waals surface area (Å²) in [5, 5.41) is 3.66. The molecule has 7 heteroatoms. The molecule has 1 amide bonds. The second kappa shape index (κ2) is 13.9. The molecule has 2 aromatic rings.